The largest absolute Gasteiger partial charge is 0.397 e. The van der Waals surface area contributed by atoms with Gasteiger partial charge in [0.1, 0.15) is 0 Å². The molecule has 3 heteroatoms. The zero-order chi connectivity index (χ0) is 7.56. The molecule has 1 aromatic rings. The van der Waals surface area contributed by atoms with Crippen LogP contribution < -0.4 is 5.73 Å². The molecule has 1 aromatic heterocycles. The van der Waals surface area contributed by atoms with Crippen LogP contribution >= 0.6 is 0 Å². The van der Waals surface area contributed by atoms with E-state index >= 15 is 0 Å². The second kappa shape index (κ2) is 2.64. The minimum atomic E-state index is 0.426. The van der Waals surface area contributed by atoms with Crippen molar-refractivity contribution in [3.05, 3.63) is 18.0 Å². The van der Waals surface area contributed by atoms with Crippen molar-refractivity contribution in [3.63, 3.8) is 0 Å². The minimum Gasteiger partial charge on any atom is -0.397 e. The molecule has 0 fully saturated rings. The summed E-state index contributed by atoms with van der Waals surface area (Å²) in [6.45, 7) is 4.15. The van der Waals surface area contributed by atoms with Gasteiger partial charge in [0.05, 0.1) is 18.1 Å². The van der Waals surface area contributed by atoms with Gasteiger partial charge in [0, 0.05) is 0 Å². The van der Waals surface area contributed by atoms with Crippen molar-refractivity contribution in [3.8, 4) is 0 Å². The van der Waals surface area contributed by atoms with Crippen molar-refractivity contribution in [2.45, 2.75) is 19.8 Å². The molecule has 1 heterocycles. The first-order valence-corrected chi connectivity index (χ1v) is 3.28. The zero-order valence-electron chi connectivity index (χ0n) is 6.20. The number of nitrogens with zero attached hydrogens (tertiary/aromatic N) is 2. The minimum absolute atomic E-state index is 0.426. The summed E-state index contributed by atoms with van der Waals surface area (Å²) >= 11 is 0. The third-order valence-electron chi connectivity index (χ3n) is 1.42. The number of aromatic nitrogens is 2. The molecule has 0 radical (unpaired) electrons. The second-order valence-electron chi connectivity index (χ2n) is 2.55. The normalized spacial score (nSPS) is 10.3. The maximum absolute atomic E-state index is 5.62. The summed E-state index contributed by atoms with van der Waals surface area (Å²) in [7, 11) is 0. The van der Waals surface area contributed by atoms with Gasteiger partial charge in [-0.1, -0.05) is 13.8 Å². The van der Waals surface area contributed by atoms with E-state index in [0.29, 0.717) is 5.92 Å². The van der Waals surface area contributed by atoms with Crippen LogP contribution in [0.3, 0.4) is 0 Å². The van der Waals surface area contributed by atoms with Crippen molar-refractivity contribution in [1.29, 1.82) is 0 Å². The fourth-order valence-electron chi connectivity index (χ4n) is 0.823. The first-order chi connectivity index (χ1) is 4.72. The fraction of sp³-hybridized carbons (Fsp3) is 0.429. The van der Waals surface area contributed by atoms with Crippen LogP contribution in [-0.4, -0.2) is 10.2 Å². The van der Waals surface area contributed by atoms with E-state index < -0.39 is 0 Å². The quantitative estimate of drug-likeness (QED) is 0.632. The SMILES string of the molecule is CC(C)c1cnncc1N. The first-order valence-electron chi connectivity index (χ1n) is 3.28. The Labute approximate surface area is 60.3 Å². The molecule has 0 aliphatic rings. The summed E-state index contributed by atoms with van der Waals surface area (Å²) in [5.41, 5.74) is 7.41. The van der Waals surface area contributed by atoms with E-state index in [2.05, 4.69) is 24.0 Å². The number of nitrogens with two attached hydrogens (primary N) is 1. The molecule has 54 valence electrons. The lowest BCUT2D eigenvalue weighted by molar-refractivity contribution is 0.845. The average molecular weight is 137 g/mol. The van der Waals surface area contributed by atoms with Gasteiger partial charge in [0.2, 0.25) is 0 Å². The van der Waals surface area contributed by atoms with E-state index in [-0.39, 0.29) is 0 Å². The molecule has 10 heavy (non-hydrogen) atoms. The van der Waals surface area contributed by atoms with Crippen LogP contribution in [0.25, 0.3) is 0 Å². The van der Waals surface area contributed by atoms with Gasteiger partial charge in [0.15, 0.2) is 0 Å². The van der Waals surface area contributed by atoms with Gasteiger partial charge in [-0.25, -0.2) is 0 Å². The molecule has 0 aromatic carbocycles. The van der Waals surface area contributed by atoms with Crippen LogP contribution in [0.4, 0.5) is 5.69 Å². The van der Waals surface area contributed by atoms with E-state index in [1.165, 1.54) is 0 Å². The van der Waals surface area contributed by atoms with Crippen molar-refractivity contribution >= 4 is 5.69 Å². The Morgan fingerprint density at radius 3 is 2.30 bits per heavy atom. The van der Waals surface area contributed by atoms with E-state index in [4.69, 9.17) is 5.73 Å². The number of hydrogen-bond acceptors (Lipinski definition) is 3. The number of hydrogen-bond donors (Lipinski definition) is 1. The Hall–Kier alpha value is -1.12. The Balaban J connectivity index is 3.03. The highest BCUT2D eigenvalue weighted by atomic mass is 15.1. The van der Waals surface area contributed by atoms with Gasteiger partial charge in [0.25, 0.3) is 0 Å². The second-order valence-corrected chi connectivity index (χ2v) is 2.55. The van der Waals surface area contributed by atoms with E-state index in [0.717, 1.165) is 11.3 Å². The molecule has 0 aliphatic carbocycles. The van der Waals surface area contributed by atoms with Gasteiger partial charge in [-0.3, -0.25) is 0 Å². The predicted octanol–water partition coefficient (Wildman–Crippen LogP) is 1.18. The molecule has 0 amide bonds. The van der Waals surface area contributed by atoms with Crippen molar-refractivity contribution in [1.82, 2.24) is 10.2 Å². The molecule has 2 N–H and O–H groups in total. The van der Waals surface area contributed by atoms with Crippen LogP contribution in [0.15, 0.2) is 12.4 Å². The molecule has 0 aliphatic heterocycles. The summed E-state index contributed by atoms with van der Waals surface area (Å²) in [5.74, 6) is 0.426. The molecule has 3 nitrogen and oxygen atoms in total. The van der Waals surface area contributed by atoms with Crippen molar-refractivity contribution in [2.24, 2.45) is 0 Å². The van der Waals surface area contributed by atoms with Crippen LogP contribution in [0, 0.1) is 0 Å². The van der Waals surface area contributed by atoms with Crippen LogP contribution in [-0.2, 0) is 0 Å². The van der Waals surface area contributed by atoms with Crippen molar-refractivity contribution in [2.75, 3.05) is 5.73 Å². The lowest BCUT2D eigenvalue weighted by Crippen LogP contribution is -1.98. The predicted molar refractivity (Wildman–Crippen MR) is 40.5 cm³/mol. The summed E-state index contributed by atoms with van der Waals surface area (Å²) in [6, 6.07) is 0. The van der Waals surface area contributed by atoms with E-state index in [1.54, 1.807) is 12.4 Å². The highest BCUT2D eigenvalue weighted by Gasteiger charge is 2.02. The Morgan fingerprint density at radius 2 is 1.90 bits per heavy atom. The summed E-state index contributed by atoms with van der Waals surface area (Å²) in [5, 5.41) is 7.39. The van der Waals surface area contributed by atoms with Gasteiger partial charge in [-0.15, -0.1) is 0 Å². The molecule has 0 saturated carbocycles. The highest BCUT2D eigenvalue weighted by molar-refractivity contribution is 5.43. The smallest absolute Gasteiger partial charge is 0.0728 e. The monoisotopic (exact) mass is 137 g/mol. The van der Waals surface area contributed by atoms with Gasteiger partial charge < -0.3 is 5.73 Å². The fourth-order valence-corrected chi connectivity index (χ4v) is 0.823. The van der Waals surface area contributed by atoms with Gasteiger partial charge in [-0.05, 0) is 11.5 Å². The van der Waals surface area contributed by atoms with Crippen LogP contribution in [0.2, 0.25) is 0 Å². The first kappa shape index (κ1) is 6.99. The number of anilines is 1. The lowest BCUT2D eigenvalue weighted by atomic mass is 10.1. The third kappa shape index (κ3) is 1.23. The molecular formula is C7H11N3. The Morgan fingerprint density at radius 1 is 1.30 bits per heavy atom. The van der Waals surface area contributed by atoms with E-state index in [1.807, 2.05) is 0 Å². The summed E-state index contributed by atoms with van der Waals surface area (Å²) in [4.78, 5) is 0. The van der Waals surface area contributed by atoms with Crippen LogP contribution in [0.5, 0.6) is 0 Å². The average Bonchev–Trinajstić information content (AvgIpc) is 1.88. The molecule has 1 rings (SSSR count). The van der Waals surface area contributed by atoms with Crippen LogP contribution in [0.1, 0.15) is 25.3 Å². The van der Waals surface area contributed by atoms with Gasteiger partial charge >= 0.3 is 0 Å². The van der Waals surface area contributed by atoms with E-state index in [9.17, 15) is 0 Å². The molecule has 0 bridgehead atoms. The molecule has 0 spiro atoms. The topological polar surface area (TPSA) is 51.8 Å². The lowest BCUT2D eigenvalue weighted by Gasteiger charge is -2.05. The zero-order valence-corrected chi connectivity index (χ0v) is 6.20. The Kier molecular flexibility index (Phi) is 1.85. The summed E-state index contributed by atoms with van der Waals surface area (Å²) in [6.07, 6.45) is 3.29. The molecule has 0 atom stereocenters. The van der Waals surface area contributed by atoms with Crippen molar-refractivity contribution < 1.29 is 0 Å². The third-order valence-corrected chi connectivity index (χ3v) is 1.42. The molecule has 0 saturated heterocycles. The number of nitrogen functional groups attached to an aromatic ring is 1. The molecular weight excluding hydrogens is 126 g/mol. The maximum Gasteiger partial charge on any atom is 0.0728 e. The highest BCUT2D eigenvalue weighted by Crippen LogP contribution is 2.17. The van der Waals surface area contributed by atoms with Gasteiger partial charge in [-0.2, -0.15) is 10.2 Å². The maximum atomic E-state index is 5.62. The molecule has 0 unspecified atom stereocenters. The number of rotatable bonds is 1. The standard InChI is InChI=1S/C7H11N3/c1-5(2)6-3-9-10-4-7(6)8/h3-5H,1-2H3,(H2,8,9). The Bertz CT molecular complexity index is 220. The summed E-state index contributed by atoms with van der Waals surface area (Å²) < 4.78 is 0.